The number of hydrogen-bond donors (Lipinski definition) is 4. The summed E-state index contributed by atoms with van der Waals surface area (Å²) in [6.07, 6.45) is 12.8. The molecule has 0 fully saturated rings. The predicted octanol–water partition coefficient (Wildman–Crippen LogP) is 2.56. The molecule has 1 unspecified atom stereocenters. The zero-order valence-corrected chi connectivity index (χ0v) is 17.9. The molecule has 0 saturated carbocycles. The first-order chi connectivity index (χ1) is 12.7. The molecule has 0 saturated heterocycles. The first-order valence-electron chi connectivity index (χ1n) is 9.95. The zero-order valence-electron chi connectivity index (χ0n) is 17.1. The van der Waals surface area contributed by atoms with Crippen molar-refractivity contribution >= 4 is 10.4 Å². The van der Waals surface area contributed by atoms with Crippen molar-refractivity contribution in [3.05, 3.63) is 0 Å². The largest absolute Gasteiger partial charge is 0.395 e. The van der Waals surface area contributed by atoms with Crippen LogP contribution in [0.1, 0.15) is 71.1 Å². The summed E-state index contributed by atoms with van der Waals surface area (Å²) in [7, 11) is -2.78. The van der Waals surface area contributed by atoms with E-state index >= 15 is 0 Å². The van der Waals surface area contributed by atoms with Crippen LogP contribution in [0.15, 0.2) is 0 Å². The summed E-state index contributed by atoms with van der Waals surface area (Å²) < 4.78 is 37.1. The molecule has 1 atom stereocenters. The zero-order chi connectivity index (χ0) is 21.0. The lowest BCUT2D eigenvalue weighted by Gasteiger charge is -2.19. The molecular weight excluding hydrogens is 374 g/mol. The molecule has 0 aliphatic heterocycles. The Morgan fingerprint density at radius 3 is 1.81 bits per heavy atom. The van der Waals surface area contributed by atoms with E-state index in [-0.39, 0.29) is 6.61 Å². The fourth-order valence-corrected chi connectivity index (χ4v) is 2.59. The smallest absolute Gasteiger partial charge is 0.394 e. The Morgan fingerprint density at radius 1 is 0.926 bits per heavy atom. The second-order valence-electron chi connectivity index (χ2n) is 6.84. The van der Waals surface area contributed by atoms with Crippen molar-refractivity contribution in [2.75, 3.05) is 40.0 Å². The van der Waals surface area contributed by atoms with E-state index in [4.69, 9.17) is 27.4 Å². The number of unbranched alkanes of at least 4 members (excludes halogenated alkanes) is 9. The van der Waals surface area contributed by atoms with Gasteiger partial charge >= 0.3 is 10.4 Å². The highest BCUT2D eigenvalue weighted by atomic mass is 32.3. The van der Waals surface area contributed by atoms with Crippen molar-refractivity contribution in [3.8, 4) is 0 Å². The summed E-state index contributed by atoms with van der Waals surface area (Å²) in [4.78, 5) is 1.91. The van der Waals surface area contributed by atoms with E-state index in [9.17, 15) is 5.11 Å². The van der Waals surface area contributed by atoms with Gasteiger partial charge in [0.2, 0.25) is 0 Å². The molecule has 0 aliphatic carbocycles. The lowest BCUT2D eigenvalue weighted by molar-refractivity contribution is 0.0176. The van der Waals surface area contributed by atoms with Gasteiger partial charge in [-0.3, -0.25) is 9.11 Å². The monoisotopic (exact) mass is 415 g/mol. The summed E-state index contributed by atoms with van der Waals surface area (Å²) in [5.74, 6) is 0. The van der Waals surface area contributed by atoms with Gasteiger partial charge in [0, 0.05) is 19.7 Å². The Balaban J connectivity index is 0. The molecule has 0 aromatic heterocycles. The average Bonchev–Trinajstić information content (AvgIpc) is 2.54. The number of hydrogen-bond acceptors (Lipinski definition) is 6. The Kier molecular flexibility index (Phi) is 21.9. The third-order valence-electron chi connectivity index (χ3n) is 3.96. The molecule has 0 heterocycles. The van der Waals surface area contributed by atoms with Crippen LogP contribution in [0.3, 0.4) is 0 Å². The summed E-state index contributed by atoms with van der Waals surface area (Å²) in [5.41, 5.74) is 0. The molecule has 0 radical (unpaired) electrons. The fourth-order valence-electron chi connectivity index (χ4n) is 2.59. The van der Waals surface area contributed by atoms with Crippen LogP contribution in [-0.4, -0.2) is 78.7 Å². The molecule has 0 aromatic carbocycles. The average molecular weight is 416 g/mol. The minimum atomic E-state index is -4.67. The Labute approximate surface area is 165 Å². The van der Waals surface area contributed by atoms with E-state index in [0.717, 1.165) is 13.0 Å². The van der Waals surface area contributed by atoms with Crippen molar-refractivity contribution in [2.45, 2.75) is 77.2 Å². The Hall–Kier alpha value is -0.290. The lowest BCUT2D eigenvalue weighted by Crippen LogP contribution is -2.33. The van der Waals surface area contributed by atoms with E-state index in [0.29, 0.717) is 19.7 Å². The van der Waals surface area contributed by atoms with Gasteiger partial charge < -0.3 is 19.8 Å². The van der Waals surface area contributed by atoms with Crippen molar-refractivity contribution in [2.24, 2.45) is 0 Å². The molecule has 0 spiro atoms. The van der Waals surface area contributed by atoms with Gasteiger partial charge in [0.05, 0.1) is 19.3 Å². The third-order valence-corrected chi connectivity index (χ3v) is 3.96. The van der Waals surface area contributed by atoms with Crippen LogP contribution < -0.4 is 0 Å². The van der Waals surface area contributed by atoms with Crippen LogP contribution in [0.4, 0.5) is 0 Å². The minimum Gasteiger partial charge on any atom is -0.395 e. The van der Waals surface area contributed by atoms with Crippen LogP contribution in [-0.2, 0) is 15.1 Å². The SMILES string of the molecule is CCCCCCCCCCCCOCC(O)CN(C)CCO.O=S(=O)(O)O. The molecule has 166 valence electrons. The van der Waals surface area contributed by atoms with Crippen LogP contribution in [0.25, 0.3) is 0 Å². The number of rotatable bonds is 17. The van der Waals surface area contributed by atoms with E-state index < -0.39 is 16.5 Å². The van der Waals surface area contributed by atoms with Crippen LogP contribution in [0.2, 0.25) is 0 Å². The standard InChI is InChI=1S/C18H39NO3.H2O4S/c1-3-4-5-6-7-8-9-10-11-12-15-22-17-18(21)16-19(2)13-14-20;1-5(2,3)4/h18,20-21H,3-17H2,1-2H3;(H2,1,2,3,4). The minimum absolute atomic E-state index is 0.128. The van der Waals surface area contributed by atoms with Gasteiger partial charge in [0.25, 0.3) is 0 Å². The summed E-state index contributed by atoms with van der Waals surface area (Å²) in [6, 6.07) is 0. The first-order valence-corrected chi connectivity index (χ1v) is 11.4. The molecule has 0 aliphatic rings. The maximum Gasteiger partial charge on any atom is 0.394 e. The first kappa shape index (κ1) is 28.9. The van der Waals surface area contributed by atoms with Gasteiger partial charge in [-0.1, -0.05) is 64.7 Å². The quantitative estimate of drug-likeness (QED) is 0.211. The molecular formula is C18H41NO7S. The highest BCUT2D eigenvalue weighted by Crippen LogP contribution is 2.10. The van der Waals surface area contributed by atoms with Gasteiger partial charge in [-0.05, 0) is 13.5 Å². The van der Waals surface area contributed by atoms with Gasteiger partial charge in [-0.2, -0.15) is 8.42 Å². The highest BCUT2D eigenvalue weighted by molar-refractivity contribution is 7.79. The third kappa shape index (κ3) is 33.7. The summed E-state index contributed by atoms with van der Waals surface area (Å²) in [5, 5.41) is 18.5. The van der Waals surface area contributed by atoms with Crippen LogP contribution in [0.5, 0.6) is 0 Å². The van der Waals surface area contributed by atoms with Gasteiger partial charge in [0.15, 0.2) is 0 Å². The van der Waals surface area contributed by atoms with Gasteiger partial charge in [-0.15, -0.1) is 0 Å². The molecule has 27 heavy (non-hydrogen) atoms. The summed E-state index contributed by atoms with van der Waals surface area (Å²) >= 11 is 0. The van der Waals surface area contributed by atoms with Crippen molar-refractivity contribution < 1.29 is 32.5 Å². The normalized spacial score (nSPS) is 12.7. The maximum atomic E-state index is 9.76. The number of nitrogens with zero attached hydrogens (tertiary/aromatic N) is 1. The molecule has 0 bridgehead atoms. The topological polar surface area (TPSA) is 128 Å². The van der Waals surface area contributed by atoms with Crippen LogP contribution in [0, 0.1) is 0 Å². The molecule has 0 aromatic rings. The fraction of sp³-hybridized carbons (Fsp3) is 1.00. The Bertz CT molecular complexity index is 385. The van der Waals surface area contributed by atoms with E-state index in [1.807, 2.05) is 11.9 Å². The lowest BCUT2D eigenvalue weighted by atomic mass is 10.1. The van der Waals surface area contributed by atoms with Crippen molar-refractivity contribution in [1.82, 2.24) is 4.90 Å². The van der Waals surface area contributed by atoms with Crippen molar-refractivity contribution in [3.63, 3.8) is 0 Å². The maximum absolute atomic E-state index is 9.76. The molecule has 0 rings (SSSR count). The number of aliphatic hydroxyl groups excluding tert-OH is 2. The molecule has 8 nitrogen and oxygen atoms in total. The summed E-state index contributed by atoms with van der Waals surface area (Å²) in [6.45, 7) is 4.68. The predicted molar refractivity (Wildman–Crippen MR) is 107 cm³/mol. The number of ether oxygens (including phenoxy) is 1. The van der Waals surface area contributed by atoms with Crippen LogP contribution >= 0.6 is 0 Å². The van der Waals surface area contributed by atoms with E-state index in [2.05, 4.69) is 6.92 Å². The van der Waals surface area contributed by atoms with Gasteiger partial charge in [0.1, 0.15) is 0 Å². The number of aliphatic hydroxyl groups is 2. The second-order valence-corrected chi connectivity index (χ2v) is 7.74. The second kappa shape index (κ2) is 20.4. The molecule has 9 heteroatoms. The van der Waals surface area contributed by atoms with E-state index in [1.54, 1.807) is 0 Å². The number of likely N-dealkylation sites (N-methyl/N-ethyl adjacent to an activating group) is 1. The highest BCUT2D eigenvalue weighted by Gasteiger charge is 2.07. The molecule has 4 N–H and O–H groups in total. The van der Waals surface area contributed by atoms with Gasteiger partial charge in [-0.25, -0.2) is 0 Å². The van der Waals surface area contributed by atoms with Crippen molar-refractivity contribution in [1.29, 1.82) is 0 Å². The van der Waals surface area contributed by atoms with E-state index in [1.165, 1.54) is 57.8 Å². The Morgan fingerprint density at radius 2 is 1.37 bits per heavy atom. The molecule has 0 amide bonds.